The molecule has 0 saturated carbocycles. The molecule has 1 aliphatic heterocycles. The molecule has 0 bridgehead atoms. The zero-order valence-corrected chi connectivity index (χ0v) is 8.03. The minimum atomic E-state index is -0.339. The molecule has 1 aliphatic rings. The summed E-state index contributed by atoms with van der Waals surface area (Å²) in [6.45, 7) is 4.08. The lowest BCUT2D eigenvalue weighted by molar-refractivity contribution is -0.151. The van der Waals surface area contributed by atoms with Crippen molar-refractivity contribution >= 4 is 5.97 Å². The van der Waals surface area contributed by atoms with Gasteiger partial charge in [-0.15, -0.1) is 0 Å². The first-order valence-corrected chi connectivity index (χ1v) is 4.52. The summed E-state index contributed by atoms with van der Waals surface area (Å²) >= 11 is 0. The molecule has 0 aliphatic carbocycles. The van der Waals surface area contributed by atoms with Gasteiger partial charge in [0.15, 0.2) is 0 Å². The molecule has 1 fully saturated rings. The van der Waals surface area contributed by atoms with Crippen LogP contribution in [0.15, 0.2) is 0 Å². The van der Waals surface area contributed by atoms with Crippen molar-refractivity contribution < 1.29 is 19.4 Å². The highest BCUT2D eigenvalue weighted by molar-refractivity contribution is 5.65. The lowest BCUT2D eigenvalue weighted by Crippen LogP contribution is -2.38. The van der Waals surface area contributed by atoms with Crippen LogP contribution in [-0.2, 0) is 14.3 Å². The van der Waals surface area contributed by atoms with E-state index in [-0.39, 0.29) is 30.7 Å². The maximum absolute atomic E-state index is 10.5. The Kier molecular flexibility index (Phi) is 3.69. The molecule has 1 heterocycles. The Morgan fingerprint density at radius 3 is 2.92 bits per heavy atom. The van der Waals surface area contributed by atoms with Gasteiger partial charge in [0.2, 0.25) is 0 Å². The van der Waals surface area contributed by atoms with Crippen LogP contribution >= 0.6 is 0 Å². The molecule has 0 spiro atoms. The van der Waals surface area contributed by atoms with Crippen molar-refractivity contribution in [2.75, 3.05) is 13.2 Å². The second-order valence-corrected chi connectivity index (χ2v) is 3.54. The number of hydrogen-bond acceptors (Lipinski definition) is 4. The van der Waals surface area contributed by atoms with Crippen LogP contribution in [0.3, 0.4) is 0 Å². The van der Waals surface area contributed by atoms with Gasteiger partial charge in [-0.05, 0) is 0 Å². The number of rotatable bonds is 2. The fraction of sp³-hybridized carbons (Fsp3) is 0.889. The second-order valence-electron chi connectivity index (χ2n) is 3.54. The molecule has 0 radical (unpaired) electrons. The van der Waals surface area contributed by atoms with E-state index in [0.717, 1.165) is 0 Å². The Morgan fingerprint density at radius 1 is 1.69 bits per heavy atom. The maximum Gasteiger partial charge on any atom is 0.302 e. The number of carbonyl (C=O) groups is 1. The van der Waals surface area contributed by atoms with Crippen molar-refractivity contribution in [2.24, 2.45) is 5.92 Å². The molecule has 76 valence electrons. The van der Waals surface area contributed by atoms with Crippen molar-refractivity contribution in [3.63, 3.8) is 0 Å². The largest absolute Gasteiger partial charge is 0.463 e. The van der Waals surface area contributed by atoms with Gasteiger partial charge in [0, 0.05) is 19.3 Å². The Morgan fingerprint density at radius 2 is 2.38 bits per heavy atom. The molecule has 0 amide bonds. The molecule has 1 saturated heterocycles. The Hall–Kier alpha value is -0.610. The van der Waals surface area contributed by atoms with Crippen molar-refractivity contribution in [3.8, 4) is 0 Å². The number of aliphatic hydroxyl groups is 1. The van der Waals surface area contributed by atoms with Crippen LogP contribution in [-0.4, -0.2) is 36.5 Å². The van der Waals surface area contributed by atoms with Gasteiger partial charge in [-0.1, -0.05) is 6.92 Å². The zero-order chi connectivity index (χ0) is 9.84. The van der Waals surface area contributed by atoms with Gasteiger partial charge in [0.05, 0.1) is 18.8 Å². The lowest BCUT2D eigenvalue weighted by Gasteiger charge is -2.30. The summed E-state index contributed by atoms with van der Waals surface area (Å²) in [5, 5.41) is 9.49. The lowest BCUT2D eigenvalue weighted by atomic mass is 9.97. The van der Waals surface area contributed by atoms with Gasteiger partial charge in [-0.2, -0.15) is 0 Å². The van der Waals surface area contributed by atoms with E-state index < -0.39 is 0 Å². The fourth-order valence-corrected chi connectivity index (χ4v) is 1.30. The summed E-state index contributed by atoms with van der Waals surface area (Å²) in [6, 6.07) is 0. The predicted octanol–water partition coefficient (Wildman–Crippen LogP) is 0.335. The first-order valence-electron chi connectivity index (χ1n) is 4.52. The first kappa shape index (κ1) is 10.5. The molecule has 0 aromatic rings. The van der Waals surface area contributed by atoms with E-state index in [4.69, 9.17) is 9.47 Å². The fourth-order valence-electron chi connectivity index (χ4n) is 1.30. The smallest absolute Gasteiger partial charge is 0.302 e. The average Bonchev–Trinajstić information content (AvgIpc) is 2.07. The van der Waals surface area contributed by atoms with E-state index >= 15 is 0 Å². The predicted molar refractivity (Wildman–Crippen MR) is 46.2 cm³/mol. The van der Waals surface area contributed by atoms with Gasteiger partial charge >= 0.3 is 5.97 Å². The van der Waals surface area contributed by atoms with E-state index in [1.165, 1.54) is 6.92 Å². The molecular weight excluding hydrogens is 172 g/mol. The van der Waals surface area contributed by atoms with E-state index in [9.17, 15) is 9.90 Å². The topological polar surface area (TPSA) is 55.8 Å². The van der Waals surface area contributed by atoms with Crippen molar-refractivity contribution in [2.45, 2.75) is 32.5 Å². The molecule has 3 atom stereocenters. The Bertz CT molecular complexity index is 180. The summed E-state index contributed by atoms with van der Waals surface area (Å²) in [6.07, 6.45) is 0.0680. The average molecular weight is 188 g/mol. The SMILES string of the molecule is CC(=O)OCC1CC(O)C(C)CO1. The molecule has 4 heteroatoms. The van der Waals surface area contributed by atoms with Crippen molar-refractivity contribution in [3.05, 3.63) is 0 Å². The number of carbonyl (C=O) groups excluding carboxylic acids is 1. The second kappa shape index (κ2) is 4.58. The van der Waals surface area contributed by atoms with Gasteiger partial charge in [-0.3, -0.25) is 4.79 Å². The third-order valence-electron chi connectivity index (χ3n) is 2.23. The number of ether oxygens (including phenoxy) is 2. The molecule has 3 unspecified atom stereocenters. The highest BCUT2D eigenvalue weighted by Crippen LogP contribution is 2.19. The summed E-state index contributed by atoms with van der Waals surface area (Å²) in [4.78, 5) is 10.5. The zero-order valence-electron chi connectivity index (χ0n) is 8.03. The van der Waals surface area contributed by atoms with Crippen LogP contribution in [0.1, 0.15) is 20.3 Å². The summed E-state index contributed by atoms with van der Waals surface area (Å²) in [5.41, 5.74) is 0. The number of hydrogen-bond donors (Lipinski definition) is 1. The molecule has 0 aromatic heterocycles. The number of aliphatic hydroxyl groups excluding tert-OH is 1. The minimum Gasteiger partial charge on any atom is -0.463 e. The van der Waals surface area contributed by atoms with Crippen molar-refractivity contribution in [1.82, 2.24) is 0 Å². The number of esters is 1. The van der Waals surface area contributed by atoms with Crippen LogP contribution in [0.25, 0.3) is 0 Å². The van der Waals surface area contributed by atoms with E-state index in [1.54, 1.807) is 0 Å². The summed E-state index contributed by atoms with van der Waals surface area (Å²) in [5.74, 6) is -0.134. The van der Waals surface area contributed by atoms with Crippen molar-refractivity contribution in [1.29, 1.82) is 0 Å². The quantitative estimate of drug-likeness (QED) is 0.635. The van der Waals surface area contributed by atoms with Gasteiger partial charge < -0.3 is 14.6 Å². The highest BCUT2D eigenvalue weighted by Gasteiger charge is 2.27. The van der Waals surface area contributed by atoms with Gasteiger partial charge in [0.1, 0.15) is 6.61 Å². The van der Waals surface area contributed by atoms with Crippen LogP contribution < -0.4 is 0 Å². The third kappa shape index (κ3) is 3.32. The molecule has 13 heavy (non-hydrogen) atoms. The Balaban J connectivity index is 2.25. The monoisotopic (exact) mass is 188 g/mol. The molecule has 0 aromatic carbocycles. The van der Waals surface area contributed by atoms with Crippen LogP contribution in [0, 0.1) is 5.92 Å². The maximum atomic E-state index is 10.5. The van der Waals surface area contributed by atoms with Crippen LogP contribution in [0.5, 0.6) is 0 Å². The summed E-state index contributed by atoms with van der Waals surface area (Å²) < 4.78 is 10.2. The van der Waals surface area contributed by atoms with Gasteiger partial charge in [0.25, 0.3) is 0 Å². The van der Waals surface area contributed by atoms with E-state index in [0.29, 0.717) is 13.0 Å². The summed E-state index contributed by atoms with van der Waals surface area (Å²) in [7, 11) is 0. The normalized spacial score (nSPS) is 34.2. The van der Waals surface area contributed by atoms with E-state index in [1.807, 2.05) is 6.92 Å². The minimum absolute atomic E-state index is 0.143. The van der Waals surface area contributed by atoms with E-state index in [2.05, 4.69) is 0 Å². The Labute approximate surface area is 77.8 Å². The van der Waals surface area contributed by atoms with Crippen LogP contribution in [0.4, 0.5) is 0 Å². The first-order chi connectivity index (χ1) is 6.09. The molecule has 1 N–H and O–H groups in total. The molecular formula is C9H16O4. The third-order valence-corrected chi connectivity index (χ3v) is 2.23. The highest BCUT2D eigenvalue weighted by atomic mass is 16.6. The molecule has 1 rings (SSSR count). The van der Waals surface area contributed by atoms with Gasteiger partial charge in [-0.25, -0.2) is 0 Å². The molecule has 4 nitrogen and oxygen atoms in total. The standard InChI is InChI=1S/C9H16O4/c1-6-4-13-8(3-9(6)11)5-12-7(2)10/h6,8-9,11H,3-5H2,1-2H3. The van der Waals surface area contributed by atoms with Crippen LogP contribution in [0.2, 0.25) is 0 Å².